The largest absolute Gasteiger partial charge is 0.290 e. The van der Waals surface area contributed by atoms with Gasteiger partial charge in [-0.05, 0) is 24.6 Å². The maximum absolute atomic E-state index is 11.1. The summed E-state index contributed by atoms with van der Waals surface area (Å²) in [7, 11) is 0. The smallest absolute Gasteiger partial charge is 0.265 e. The van der Waals surface area contributed by atoms with E-state index in [-0.39, 0.29) is 11.9 Å². The van der Waals surface area contributed by atoms with Gasteiger partial charge in [-0.3, -0.25) is 21.5 Å². The third-order valence-corrected chi connectivity index (χ3v) is 2.05. The fraction of sp³-hybridized carbons (Fsp3) is 0.222. The van der Waals surface area contributed by atoms with Crippen LogP contribution in [0.25, 0.3) is 0 Å². The highest BCUT2D eigenvalue weighted by molar-refractivity contribution is 5.93. The van der Waals surface area contributed by atoms with Crippen molar-refractivity contribution in [3.63, 3.8) is 0 Å². The van der Waals surface area contributed by atoms with E-state index in [9.17, 15) is 4.79 Å². The molecule has 0 aliphatic carbocycles. The first-order valence-corrected chi connectivity index (χ1v) is 4.26. The Labute approximate surface area is 82.4 Å². The molecule has 0 aliphatic rings. The van der Waals surface area contributed by atoms with E-state index >= 15 is 0 Å². The molecule has 5 heteroatoms. The second kappa shape index (κ2) is 4.71. The van der Waals surface area contributed by atoms with Gasteiger partial charge in [0.2, 0.25) is 0 Å². The van der Waals surface area contributed by atoms with E-state index in [0.717, 1.165) is 5.56 Å². The van der Waals surface area contributed by atoms with E-state index in [1.807, 2.05) is 19.1 Å². The monoisotopic (exact) mass is 194 g/mol. The van der Waals surface area contributed by atoms with Crippen molar-refractivity contribution in [2.45, 2.75) is 13.0 Å². The van der Waals surface area contributed by atoms with Crippen molar-refractivity contribution >= 4 is 5.91 Å². The Balaban J connectivity index is 2.83. The molecule has 0 heterocycles. The zero-order valence-corrected chi connectivity index (χ0v) is 7.95. The Kier molecular flexibility index (Phi) is 3.58. The van der Waals surface area contributed by atoms with E-state index in [1.54, 1.807) is 12.1 Å². The van der Waals surface area contributed by atoms with Gasteiger partial charge in [0.05, 0.1) is 0 Å². The zero-order chi connectivity index (χ0) is 10.6. The number of benzene rings is 1. The predicted molar refractivity (Wildman–Crippen MR) is 53.8 cm³/mol. The maximum atomic E-state index is 11.1. The Morgan fingerprint density at radius 2 is 1.86 bits per heavy atom. The second-order valence-electron chi connectivity index (χ2n) is 2.98. The number of nitrogens with one attached hydrogen (secondary N) is 2. The predicted octanol–water partition coefficient (Wildman–Crippen LogP) is -0.186. The van der Waals surface area contributed by atoms with Crippen LogP contribution in [0.15, 0.2) is 24.3 Å². The number of hydrogen-bond donors (Lipinski definition) is 4. The highest BCUT2D eigenvalue weighted by Gasteiger charge is 2.05. The lowest BCUT2D eigenvalue weighted by atomic mass is 10.1. The third-order valence-electron chi connectivity index (χ3n) is 2.05. The lowest BCUT2D eigenvalue weighted by Gasteiger charge is -2.10. The molecule has 1 atom stereocenters. The maximum Gasteiger partial charge on any atom is 0.265 e. The van der Waals surface area contributed by atoms with Crippen molar-refractivity contribution in [2.75, 3.05) is 0 Å². The van der Waals surface area contributed by atoms with Crippen LogP contribution in [0, 0.1) is 0 Å². The van der Waals surface area contributed by atoms with Crippen LogP contribution in [-0.2, 0) is 0 Å². The normalized spacial score (nSPS) is 12.2. The van der Waals surface area contributed by atoms with Gasteiger partial charge in [-0.2, -0.15) is 0 Å². The van der Waals surface area contributed by atoms with Crippen LogP contribution >= 0.6 is 0 Å². The molecule has 0 bridgehead atoms. The number of nitrogen functional groups attached to an aromatic ring is 1. The molecule has 1 aromatic carbocycles. The van der Waals surface area contributed by atoms with Crippen LogP contribution < -0.4 is 22.5 Å². The first kappa shape index (κ1) is 10.6. The number of carbonyl (C=O) groups excluding carboxylic acids is 1. The first-order chi connectivity index (χ1) is 6.69. The van der Waals surface area contributed by atoms with Gasteiger partial charge in [0, 0.05) is 11.6 Å². The fourth-order valence-corrected chi connectivity index (χ4v) is 1.10. The summed E-state index contributed by atoms with van der Waals surface area (Å²) in [6.45, 7) is 1.93. The number of rotatable bonds is 3. The summed E-state index contributed by atoms with van der Waals surface area (Å²) in [4.78, 5) is 11.1. The van der Waals surface area contributed by atoms with E-state index in [0.29, 0.717) is 5.56 Å². The molecule has 5 nitrogen and oxygen atoms in total. The second-order valence-corrected chi connectivity index (χ2v) is 2.98. The molecule has 0 saturated carbocycles. The highest BCUT2D eigenvalue weighted by Crippen LogP contribution is 2.11. The Morgan fingerprint density at radius 3 is 2.29 bits per heavy atom. The zero-order valence-electron chi connectivity index (χ0n) is 7.95. The van der Waals surface area contributed by atoms with E-state index in [2.05, 4.69) is 10.9 Å². The molecule has 6 N–H and O–H groups in total. The Bertz CT molecular complexity index is 309. The van der Waals surface area contributed by atoms with Crippen molar-refractivity contribution in [3.05, 3.63) is 35.4 Å². The van der Waals surface area contributed by atoms with Gasteiger partial charge in [0.15, 0.2) is 0 Å². The summed E-state index contributed by atoms with van der Waals surface area (Å²) in [5.41, 5.74) is 6.23. The topological polar surface area (TPSA) is 93.2 Å². The highest BCUT2D eigenvalue weighted by atomic mass is 16.2. The van der Waals surface area contributed by atoms with Crippen LogP contribution in [0.3, 0.4) is 0 Å². The van der Waals surface area contributed by atoms with E-state index < -0.39 is 0 Å². The summed E-state index contributed by atoms with van der Waals surface area (Å²) in [6.07, 6.45) is 0. The molecule has 1 rings (SSSR count). The molecule has 1 unspecified atom stereocenters. The number of hydrogen-bond acceptors (Lipinski definition) is 4. The van der Waals surface area contributed by atoms with E-state index in [1.165, 1.54) is 0 Å². The molecule has 0 fully saturated rings. The summed E-state index contributed by atoms with van der Waals surface area (Å²) in [5.74, 6) is 9.97. The summed E-state index contributed by atoms with van der Waals surface area (Å²) < 4.78 is 0. The van der Waals surface area contributed by atoms with Crippen LogP contribution in [0.2, 0.25) is 0 Å². The average molecular weight is 194 g/mol. The van der Waals surface area contributed by atoms with Crippen molar-refractivity contribution in [1.29, 1.82) is 0 Å². The van der Waals surface area contributed by atoms with Crippen molar-refractivity contribution in [3.8, 4) is 0 Å². The average Bonchev–Trinajstić information content (AvgIpc) is 2.27. The first-order valence-electron chi connectivity index (χ1n) is 4.26. The molecular formula is C9H14N4O. The minimum Gasteiger partial charge on any atom is -0.290 e. The molecule has 14 heavy (non-hydrogen) atoms. The lowest BCUT2D eigenvalue weighted by Crippen LogP contribution is -2.30. The fourth-order valence-electron chi connectivity index (χ4n) is 1.10. The molecule has 1 amide bonds. The van der Waals surface area contributed by atoms with Gasteiger partial charge in [-0.25, -0.2) is 5.84 Å². The van der Waals surface area contributed by atoms with E-state index in [4.69, 9.17) is 11.7 Å². The van der Waals surface area contributed by atoms with Crippen LogP contribution in [0.4, 0.5) is 0 Å². The van der Waals surface area contributed by atoms with Gasteiger partial charge in [0.25, 0.3) is 5.91 Å². The van der Waals surface area contributed by atoms with Gasteiger partial charge < -0.3 is 0 Å². The number of carbonyl (C=O) groups is 1. The summed E-state index contributed by atoms with van der Waals surface area (Å²) in [5, 5.41) is 0. The Hall–Kier alpha value is -1.43. The molecule has 0 radical (unpaired) electrons. The number of nitrogens with two attached hydrogens (primary N) is 2. The van der Waals surface area contributed by atoms with Gasteiger partial charge in [-0.15, -0.1) is 0 Å². The Morgan fingerprint density at radius 1 is 1.29 bits per heavy atom. The molecule has 0 saturated heterocycles. The van der Waals surface area contributed by atoms with Crippen LogP contribution in [0.1, 0.15) is 28.9 Å². The SMILES string of the molecule is CC(NN)c1ccc(C(=O)NN)cc1. The van der Waals surface area contributed by atoms with Crippen molar-refractivity contribution in [2.24, 2.45) is 11.7 Å². The van der Waals surface area contributed by atoms with Crippen LogP contribution in [-0.4, -0.2) is 5.91 Å². The quantitative estimate of drug-likeness (QED) is 0.305. The molecule has 0 spiro atoms. The summed E-state index contributed by atoms with van der Waals surface area (Å²) >= 11 is 0. The minimum absolute atomic E-state index is 0.0602. The standard InChI is InChI=1S/C9H14N4O/c1-6(12-10)7-2-4-8(5-3-7)9(14)13-11/h2-6,12H,10-11H2,1H3,(H,13,14). The number of hydrazine groups is 2. The summed E-state index contributed by atoms with van der Waals surface area (Å²) in [6, 6.07) is 7.12. The third kappa shape index (κ3) is 2.29. The molecule has 0 aromatic heterocycles. The van der Waals surface area contributed by atoms with Gasteiger partial charge in [0.1, 0.15) is 0 Å². The molecule has 76 valence electrons. The molecular weight excluding hydrogens is 180 g/mol. The van der Waals surface area contributed by atoms with Gasteiger partial charge >= 0.3 is 0 Å². The van der Waals surface area contributed by atoms with Crippen LogP contribution in [0.5, 0.6) is 0 Å². The number of amides is 1. The van der Waals surface area contributed by atoms with Crippen molar-refractivity contribution in [1.82, 2.24) is 10.9 Å². The van der Waals surface area contributed by atoms with Gasteiger partial charge in [-0.1, -0.05) is 12.1 Å². The molecule has 1 aromatic rings. The molecule has 0 aliphatic heterocycles. The van der Waals surface area contributed by atoms with Crippen molar-refractivity contribution < 1.29 is 4.79 Å². The minimum atomic E-state index is -0.301. The lowest BCUT2D eigenvalue weighted by molar-refractivity contribution is 0.0953.